The highest BCUT2D eigenvalue weighted by molar-refractivity contribution is 7.99. The number of carbonyl (C=O) groups is 1. The van der Waals surface area contributed by atoms with Crippen LogP contribution >= 0.6 is 23.4 Å². The summed E-state index contributed by atoms with van der Waals surface area (Å²) >= 11 is 7.52. The van der Waals surface area contributed by atoms with Crippen LogP contribution in [0, 0.1) is 5.92 Å². The number of nitrogens with one attached hydrogen (secondary N) is 2. The molecule has 6 rings (SSSR count). The van der Waals surface area contributed by atoms with E-state index >= 15 is 0 Å². The Morgan fingerprint density at radius 3 is 2.22 bits per heavy atom. The lowest BCUT2D eigenvalue weighted by molar-refractivity contribution is -0.0435. The number of anilines is 2. The maximum absolute atomic E-state index is 14.1. The summed E-state index contributed by atoms with van der Waals surface area (Å²) in [6, 6.07) is 32.4. The maximum atomic E-state index is 14.1. The van der Waals surface area contributed by atoms with Gasteiger partial charge in [0.05, 0.1) is 23.3 Å². The topological polar surface area (TPSA) is 145 Å². The molecule has 2 unspecified atom stereocenters. The average Bonchev–Trinajstić information content (AvgIpc) is 3.29. The summed E-state index contributed by atoms with van der Waals surface area (Å²) in [7, 11) is -7.53. The second-order valence-corrected chi connectivity index (χ2v) is 20.6. The van der Waals surface area contributed by atoms with Gasteiger partial charge in [0, 0.05) is 59.7 Å². The van der Waals surface area contributed by atoms with Crippen LogP contribution in [0.25, 0.3) is 11.1 Å². The third kappa shape index (κ3) is 12.4. The lowest BCUT2D eigenvalue weighted by Crippen LogP contribution is -2.36. The van der Waals surface area contributed by atoms with Gasteiger partial charge in [0.25, 0.3) is 25.8 Å². The van der Waals surface area contributed by atoms with E-state index in [0.29, 0.717) is 68.9 Å². The summed E-state index contributed by atoms with van der Waals surface area (Å²) in [5, 5.41) is 15.1. The summed E-state index contributed by atoms with van der Waals surface area (Å²) in [6.45, 7) is 2.74. The molecule has 5 aromatic carbocycles. The molecule has 1 amide bonds. The number of rotatable bonds is 19. The number of amides is 1. The normalized spacial score (nSPS) is 14.9. The first-order valence-corrected chi connectivity index (χ1v) is 24.8. The molecule has 3 N–H and O–H groups in total. The van der Waals surface area contributed by atoms with Crippen LogP contribution < -0.4 is 14.9 Å². The molecule has 1 heterocycles. The Bertz CT molecular complexity index is 2560. The Hall–Kier alpha value is -4.62. The molecule has 0 aromatic heterocycles. The van der Waals surface area contributed by atoms with Crippen LogP contribution in [0.4, 0.5) is 24.5 Å². The number of nitrogens with zero attached hydrogens (tertiary/aromatic N) is 2. The third-order valence-electron chi connectivity index (χ3n) is 11.1. The highest BCUT2D eigenvalue weighted by Gasteiger charge is 2.48. The van der Waals surface area contributed by atoms with Gasteiger partial charge in [0.15, 0.2) is 0 Å². The number of hydrogen-bond acceptors (Lipinski definition) is 11. The minimum atomic E-state index is -6.08. The number of hydrogen-bond donors (Lipinski definition) is 3. The molecule has 5 aromatic rings. The first-order chi connectivity index (χ1) is 30.5. The molecule has 342 valence electrons. The van der Waals surface area contributed by atoms with Gasteiger partial charge in [-0.15, -0.1) is 11.8 Å². The van der Waals surface area contributed by atoms with Crippen molar-refractivity contribution in [1.82, 2.24) is 9.62 Å². The zero-order valence-corrected chi connectivity index (χ0v) is 38.4. The lowest BCUT2D eigenvalue weighted by atomic mass is 9.84. The molecular formula is C46H50ClF3N4O7S3. The van der Waals surface area contributed by atoms with Gasteiger partial charge in [-0.25, -0.2) is 21.6 Å². The molecule has 1 aliphatic heterocycles. The van der Waals surface area contributed by atoms with E-state index < -0.39 is 58.9 Å². The van der Waals surface area contributed by atoms with E-state index in [1.807, 2.05) is 95.5 Å². The number of halogens is 4. The number of benzene rings is 5. The van der Waals surface area contributed by atoms with Gasteiger partial charge in [-0.2, -0.15) is 13.2 Å². The van der Waals surface area contributed by atoms with E-state index in [1.54, 1.807) is 19.2 Å². The second-order valence-electron chi connectivity index (χ2n) is 15.5. The van der Waals surface area contributed by atoms with Crippen molar-refractivity contribution in [3.05, 3.63) is 137 Å². The fourth-order valence-electron chi connectivity index (χ4n) is 7.44. The number of piperidine rings is 1. The average molecular weight is 960 g/mol. The van der Waals surface area contributed by atoms with Crippen molar-refractivity contribution in [2.45, 2.75) is 51.6 Å². The van der Waals surface area contributed by atoms with E-state index in [4.69, 9.17) is 16.3 Å². The molecule has 0 bridgehead atoms. The summed E-state index contributed by atoms with van der Waals surface area (Å²) in [5.41, 5.74) is -2.77. The number of carbonyl (C=O) groups excluding carboxylic acids is 1. The van der Waals surface area contributed by atoms with Gasteiger partial charge in [0.2, 0.25) is 0 Å². The molecule has 0 saturated carbocycles. The molecule has 18 heteroatoms. The summed E-state index contributed by atoms with van der Waals surface area (Å²) in [6.07, 6.45) is 1.04. The predicted octanol–water partition coefficient (Wildman–Crippen LogP) is 8.91. The van der Waals surface area contributed by atoms with Crippen LogP contribution in [0.3, 0.4) is 0 Å². The molecule has 64 heavy (non-hydrogen) atoms. The molecule has 1 saturated heterocycles. The van der Waals surface area contributed by atoms with Crippen molar-refractivity contribution >= 4 is 60.5 Å². The number of thioether (sulfide) groups is 1. The minimum absolute atomic E-state index is 0.0187. The Kier molecular flexibility index (Phi) is 16.5. The van der Waals surface area contributed by atoms with Gasteiger partial charge in [-0.1, -0.05) is 66.2 Å². The number of aliphatic hydroxyl groups excluding tert-OH is 1. The number of sulfone groups is 1. The molecule has 0 aliphatic carbocycles. The van der Waals surface area contributed by atoms with E-state index in [1.165, 1.54) is 23.9 Å². The number of ether oxygens (including phenoxy) is 1. The maximum Gasteiger partial charge on any atom is 0.501 e. The van der Waals surface area contributed by atoms with Crippen LogP contribution in [0.15, 0.2) is 136 Å². The van der Waals surface area contributed by atoms with Crippen LogP contribution in [-0.2, 0) is 24.6 Å². The largest absolute Gasteiger partial charge is 0.501 e. The second kappa shape index (κ2) is 21.6. The standard InChI is InChI=1S/C46H50ClF3N4O7S3/c1-53(28-29-61-2)25-24-36(31-62-38-8-4-3-5-9-38)51-42-21-20-39(30-43(42)63(57,58)46(48,49)50)64(59,60)52-45(56)34-14-18-37(19-15-34)54-26-22-33(23-27-54)44(55)41-11-7-6-10-40(41)32-12-16-35(47)17-13-32/h3-21,30,33,36,44,51,55H,22-29,31H2,1-2H3,(H,52,56). The van der Waals surface area contributed by atoms with Crippen molar-refractivity contribution in [3.8, 4) is 11.1 Å². The Morgan fingerprint density at radius 1 is 0.906 bits per heavy atom. The molecule has 1 fully saturated rings. The van der Waals surface area contributed by atoms with Gasteiger partial charge in [-0.3, -0.25) is 4.79 Å². The predicted molar refractivity (Wildman–Crippen MR) is 246 cm³/mol. The fourth-order valence-corrected chi connectivity index (χ4v) is 10.6. The Balaban J connectivity index is 1.14. The third-order valence-corrected chi connectivity index (χ3v) is 15.4. The Labute approximate surface area is 381 Å². The van der Waals surface area contributed by atoms with Gasteiger partial charge >= 0.3 is 5.51 Å². The van der Waals surface area contributed by atoms with E-state index in [9.17, 15) is 39.9 Å². The van der Waals surface area contributed by atoms with Crippen molar-refractivity contribution in [2.24, 2.45) is 5.92 Å². The minimum Gasteiger partial charge on any atom is -0.388 e. The zero-order chi connectivity index (χ0) is 46.1. The number of aliphatic hydroxyl groups is 1. The first-order valence-electron chi connectivity index (χ1n) is 20.5. The van der Waals surface area contributed by atoms with Crippen molar-refractivity contribution in [2.75, 3.05) is 62.9 Å². The first kappa shape index (κ1) is 48.8. The van der Waals surface area contributed by atoms with Crippen LogP contribution in [-0.4, -0.2) is 97.0 Å². The monoisotopic (exact) mass is 958 g/mol. The highest BCUT2D eigenvalue weighted by atomic mass is 35.5. The van der Waals surface area contributed by atoms with E-state index in [2.05, 4.69) is 10.2 Å². The Morgan fingerprint density at radius 2 is 1.56 bits per heavy atom. The zero-order valence-electron chi connectivity index (χ0n) is 35.2. The van der Waals surface area contributed by atoms with Crippen molar-refractivity contribution < 1.29 is 44.6 Å². The fraction of sp³-hybridized carbons (Fsp3) is 0.326. The summed E-state index contributed by atoms with van der Waals surface area (Å²) in [4.78, 5) is 16.1. The number of sulfonamides is 1. The van der Waals surface area contributed by atoms with Crippen LogP contribution in [0.2, 0.25) is 5.02 Å². The van der Waals surface area contributed by atoms with Crippen LogP contribution in [0.1, 0.15) is 41.3 Å². The van der Waals surface area contributed by atoms with Crippen LogP contribution in [0.5, 0.6) is 0 Å². The van der Waals surface area contributed by atoms with Crippen molar-refractivity contribution in [3.63, 3.8) is 0 Å². The number of likely N-dealkylation sites (N-methyl/N-ethyl adjacent to an activating group) is 1. The van der Waals surface area contributed by atoms with Gasteiger partial charge in [-0.05, 0) is 122 Å². The van der Waals surface area contributed by atoms with Crippen molar-refractivity contribution in [1.29, 1.82) is 0 Å². The molecule has 2 atom stereocenters. The summed E-state index contributed by atoms with van der Waals surface area (Å²) in [5.74, 6) is -0.745. The molecule has 1 aliphatic rings. The summed E-state index contributed by atoms with van der Waals surface area (Å²) < 4.78 is 103. The number of alkyl halides is 3. The van der Waals surface area contributed by atoms with Gasteiger partial charge < -0.3 is 25.0 Å². The van der Waals surface area contributed by atoms with E-state index in [-0.39, 0.29) is 11.5 Å². The smallest absolute Gasteiger partial charge is 0.388 e. The number of methoxy groups -OCH3 is 1. The molecule has 11 nitrogen and oxygen atoms in total. The van der Waals surface area contributed by atoms with Gasteiger partial charge in [0.1, 0.15) is 4.90 Å². The van der Waals surface area contributed by atoms with E-state index in [0.717, 1.165) is 39.4 Å². The quantitative estimate of drug-likeness (QED) is 0.0683. The molecule has 0 spiro atoms. The molecular weight excluding hydrogens is 909 g/mol. The lowest BCUT2D eigenvalue weighted by Gasteiger charge is -2.36. The highest BCUT2D eigenvalue weighted by Crippen LogP contribution is 2.39. The molecule has 0 radical (unpaired) electrons. The SMILES string of the molecule is COCCN(C)CCC(CSc1ccccc1)Nc1ccc(S(=O)(=O)NC(=O)c2ccc(N3CCC(C(O)c4ccccc4-c4ccc(Cl)cc4)CC3)cc2)cc1S(=O)(=O)C(F)(F)F.